The molecule has 1 rings (SSSR count). The van der Waals surface area contributed by atoms with Gasteiger partial charge in [-0.25, -0.2) is 4.79 Å². The molecule has 5 N–H and O–H groups in total. The maximum atomic E-state index is 12.1. The summed E-state index contributed by atoms with van der Waals surface area (Å²) in [5.74, 6) is -2.39. The molecular weight excluding hydrogens is 238 g/mol. The van der Waals surface area contributed by atoms with E-state index in [1.807, 2.05) is 6.92 Å². The zero-order valence-corrected chi connectivity index (χ0v) is 10.4. The monoisotopic (exact) mass is 257 g/mol. The van der Waals surface area contributed by atoms with Crippen molar-refractivity contribution in [2.75, 3.05) is 6.54 Å². The van der Waals surface area contributed by atoms with Gasteiger partial charge in [0.25, 0.3) is 0 Å². The first-order valence-electron chi connectivity index (χ1n) is 5.98. The minimum atomic E-state index is -1.26. The Bertz CT molecular complexity index is 350. The summed E-state index contributed by atoms with van der Waals surface area (Å²) in [5, 5.41) is 14.4. The van der Waals surface area contributed by atoms with Gasteiger partial charge in [-0.15, -0.1) is 0 Å². The molecule has 2 amide bonds. The van der Waals surface area contributed by atoms with Gasteiger partial charge >= 0.3 is 5.97 Å². The summed E-state index contributed by atoms with van der Waals surface area (Å²) >= 11 is 0. The Morgan fingerprint density at radius 3 is 2.56 bits per heavy atom. The lowest BCUT2D eigenvalue weighted by molar-refractivity contribution is -0.144. The van der Waals surface area contributed by atoms with Crippen molar-refractivity contribution in [3.05, 3.63) is 0 Å². The first-order chi connectivity index (χ1) is 8.41. The first kappa shape index (κ1) is 14.4. The van der Waals surface area contributed by atoms with Crippen LogP contribution in [0, 0.1) is 0 Å². The normalized spacial score (nSPS) is 24.5. The molecule has 102 valence electrons. The van der Waals surface area contributed by atoms with Crippen LogP contribution in [0.2, 0.25) is 0 Å². The van der Waals surface area contributed by atoms with Crippen LogP contribution in [0.15, 0.2) is 0 Å². The van der Waals surface area contributed by atoms with Gasteiger partial charge in [0.2, 0.25) is 11.8 Å². The number of nitrogens with two attached hydrogens (primary N) is 1. The van der Waals surface area contributed by atoms with Crippen molar-refractivity contribution in [2.45, 2.75) is 44.2 Å². The Hall–Kier alpha value is -1.63. The number of rotatable bonds is 6. The maximum absolute atomic E-state index is 12.1. The summed E-state index contributed by atoms with van der Waals surface area (Å²) < 4.78 is 0. The molecule has 1 unspecified atom stereocenters. The fourth-order valence-electron chi connectivity index (χ4n) is 2.16. The van der Waals surface area contributed by atoms with Crippen molar-refractivity contribution < 1.29 is 19.5 Å². The van der Waals surface area contributed by atoms with Gasteiger partial charge in [-0.2, -0.15) is 0 Å². The molecule has 0 saturated carbocycles. The molecule has 1 heterocycles. The number of hydrogen-bond acceptors (Lipinski definition) is 4. The van der Waals surface area contributed by atoms with Crippen LogP contribution in [-0.4, -0.2) is 41.0 Å². The summed E-state index contributed by atoms with van der Waals surface area (Å²) in [6, 6.07) is -1.26. The molecule has 0 spiro atoms. The molecule has 7 nitrogen and oxygen atoms in total. The third kappa shape index (κ3) is 3.19. The molecular formula is C11H19N3O4. The van der Waals surface area contributed by atoms with E-state index in [-0.39, 0.29) is 5.91 Å². The molecule has 0 aliphatic carbocycles. The van der Waals surface area contributed by atoms with E-state index in [0.29, 0.717) is 12.8 Å². The van der Waals surface area contributed by atoms with Gasteiger partial charge in [0, 0.05) is 0 Å². The molecule has 1 aliphatic rings. The topological polar surface area (TPSA) is 122 Å². The van der Waals surface area contributed by atoms with Crippen molar-refractivity contribution in [2.24, 2.45) is 5.73 Å². The quantitative estimate of drug-likeness (QED) is 0.484. The Labute approximate surface area is 105 Å². The van der Waals surface area contributed by atoms with E-state index in [9.17, 15) is 14.4 Å². The molecule has 7 heteroatoms. The second kappa shape index (κ2) is 5.81. The molecule has 1 aliphatic heterocycles. The van der Waals surface area contributed by atoms with Gasteiger partial charge < -0.3 is 21.5 Å². The molecule has 1 fully saturated rings. The molecule has 0 aromatic rings. The van der Waals surface area contributed by atoms with E-state index < -0.39 is 29.9 Å². The fourth-order valence-corrected chi connectivity index (χ4v) is 2.16. The van der Waals surface area contributed by atoms with Gasteiger partial charge in [0.05, 0.1) is 12.0 Å². The third-order valence-electron chi connectivity index (χ3n) is 3.29. The van der Waals surface area contributed by atoms with Crippen molar-refractivity contribution in [1.82, 2.24) is 10.6 Å². The van der Waals surface area contributed by atoms with Crippen molar-refractivity contribution in [1.29, 1.82) is 0 Å². The van der Waals surface area contributed by atoms with Gasteiger partial charge in [0.1, 0.15) is 6.04 Å². The Morgan fingerprint density at radius 1 is 1.50 bits per heavy atom. The molecule has 18 heavy (non-hydrogen) atoms. The van der Waals surface area contributed by atoms with Crippen LogP contribution >= 0.6 is 0 Å². The predicted molar refractivity (Wildman–Crippen MR) is 63.6 cm³/mol. The minimum absolute atomic E-state index is 0.379. The van der Waals surface area contributed by atoms with Crippen LogP contribution in [0.4, 0.5) is 0 Å². The zero-order chi connectivity index (χ0) is 13.8. The summed E-state index contributed by atoms with van der Waals surface area (Å²) in [7, 11) is 0. The summed E-state index contributed by atoms with van der Waals surface area (Å²) in [4.78, 5) is 33.8. The van der Waals surface area contributed by atoms with E-state index in [2.05, 4.69) is 10.6 Å². The van der Waals surface area contributed by atoms with Gasteiger partial charge in [-0.1, -0.05) is 6.92 Å². The lowest BCUT2D eigenvalue weighted by atomic mass is 9.92. The van der Waals surface area contributed by atoms with Crippen molar-refractivity contribution in [3.8, 4) is 0 Å². The highest BCUT2D eigenvalue weighted by atomic mass is 16.4. The third-order valence-corrected chi connectivity index (χ3v) is 3.29. The second-order valence-electron chi connectivity index (χ2n) is 4.50. The number of carbonyl (C=O) groups is 3. The lowest BCUT2D eigenvalue weighted by Gasteiger charge is -2.28. The standard InChI is InChI=1S/C11H19N3O4/c1-2-11(4-3-5-13-11)10(18)14-7(9(16)17)6-8(12)15/h7,13H,2-6H2,1H3,(H2,12,15)(H,14,18)(H,16,17)/t7-,11?/m1/s1. The van der Waals surface area contributed by atoms with Gasteiger partial charge in [-0.05, 0) is 25.8 Å². The number of carbonyl (C=O) groups excluding carboxylic acids is 2. The number of hydrogen-bond donors (Lipinski definition) is 4. The summed E-state index contributed by atoms with van der Waals surface area (Å²) in [6.07, 6.45) is 1.70. The highest BCUT2D eigenvalue weighted by Gasteiger charge is 2.40. The van der Waals surface area contributed by atoms with E-state index in [0.717, 1.165) is 13.0 Å². The summed E-state index contributed by atoms with van der Waals surface area (Å²) in [6.45, 7) is 2.59. The van der Waals surface area contributed by atoms with E-state index in [1.54, 1.807) is 0 Å². The Kier molecular flexibility index (Phi) is 4.66. The molecule has 0 radical (unpaired) electrons. The summed E-state index contributed by atoms with van der Waals surface area (Å²) in [5.41, 5.74) is 4.24. The minimum Gasteiger partial charge on any atom is -0.480 e. The van der Waals surface area contributed by atoms with Gasteiger partial charge in [0.15, 0.2) is 0 Å². The van der Waals surface area contributed by atoms with Crippen LogP contribution in [0.25, 0.3) is 0 Å². The fraction of sp³-hybridized carbons (Fsp3) is 0.727. The lowest BCUT2D eigenvalue weighted by Crippen LogP contribution is -2.57. The highest BCUT2D eigenvalue weighted by molar-refractivity contribution is 5.92. The molecule has 0 aromatic heterocycles. The van der Waals surface area contributed by atoms with Crippen LogP contribution < -0.4 is 16.4 Å². The second-order valence-corrected chi connectivity index (χ2v) is 4.50. The van der Waals surface area contributed by atoms with E-state index in [4.69, 9.17) is 10.8 Å². The maximum Gasteiger partial charge on any atom is 0.326 e. The van der Waals surface area contributed by atoms with Gasteiger partial charge in [-0.3, -0.25) is 9.59 Å². The number of aliphatic carboxylic acids is 1. The SMILES string of the molecule is CCC1(C(=O)N[C@H](CC(N)=O)C(=O)O)CCCN1. The first-order valence-corrected chi connectivity index (χ1v) is 5.98. The zero-order valence-electron chi connectivity index (χ0n) is 10.4. The number of carboxylic acid groups (broad SMARTS) is 1. The van der Waals surface area contributed by atoms with Crippen LogP contribution in [0.5, 0.6) is 0 Å². The average Bonchev–Trinajstić information content (AvgIpc) is 2.77. The smallest absolute Gasteiger partial charge is 0.326 e. The van der Waals surface area contributed by atoms with Crippen LogP contribution in [0.1, 0.15) is 32.6 Å². The van der Waals surface area contributed by atoms with Crippen molar-refractivity contribution in [3.63, 3.8) is 0 Å². The highest BCUT2D eigenvalue weighted by Crippen LogP contribution is 2.23. The number of nitrogens with one attached hydrogen (secondary N) is 2. The molecule has 0 bridgehead atoms. The largest absolute Gasteiger partial charge is 0.480 e. The predicted octanol–water partition coefficient (Wildman–Crippen LogP) is -1.04. The van der Waals surface area contributed by atoms with E-state index in [1.165, 1.54) is 0 Å². The number of amides is 2. The van der Waals surface area contributed by atoms with Crippen LogP contribution in [-0.2, 0) is 14.4 Å². The molecule has 0 aromatic carbocycles. The number of primary amides is 1. The molecule has 2 atom stereocenters. The van der Waals surface area contributed by atoms with E-state index >= 15 is 0 Å². The number of carboxylic acids is 1. The van der Waals surface area contributed by atoms with Crippen LogP contribution in [0.3, 0.4) is 0 Å². The van der Waals surface area contributed by atoms with Crippen molar-refractivity contribution >= 4 is 17.8 Å². The average molecular weight is 257 g/mol. The Balaban J connectivity index is 2.71. The Morgan fingerprint density at radius 2 is 2.17 bits per heavy atom. The molecule has 1 saturated heterocycles.